The van der Waals surface area contributed by atoms with Crippen molar-refractivity contribution in [3.05, 3.63) is 123 Å². The molecule has 64 heavy (non-hydrogen) atoms. The molecule has 1 fully saturated rings. The summed E-state index contributed by atoms with van der Waals surface area (Å²) in [4.78, 5) is 33.2. The number of aliphatic hydroxyl groups is 3. The zero-order chi connectivity index (χ0) is 45.6. The van der Waals surface area contributed by atoms with Gasteiger partial charge in [-0.05, 0) is 129 Å². The van der Waals surface area contributed by atoms with Crippen molar-refractivity contribution in [2.45, 2.75) is 83.5 Å². The number of oxime groups is 1. The largest absolute Gasteiger partial charge is 0.459 e. The van der Waals surface area contributed by atoms with Crippen molar-refractivity contribution in [1.82, 2.24) is 4.90 Å². The molecule has 0 unspecified atom stereocenters. The van der Waals surface area contributed by atoms with Crippen LogP contribution in [0.1, 0.15) is 80.0 Å². The number of nitrogens with zero attached hydrogens (tertiary/aromatic N) is 3. The lowest BCUT2D eigenvalue weighted by atomic mass is 9.55. The first-order chi connectivity index (χ1) is 31.1. The van der Waals surface area contributed by atoms with Gasteiger partial charge in [-0.3, -0.25) is 14.9 Å². The number of carbonyl (C=O) groups excluding carboxylic acids is 1. The van der Waals surface area contributed by atoms with Gasteiger partial charge in [-0.25, -0.2) is 0 Å². The molecule has 3 aliphatic rings. The summed E-state index contributed by atoms with van der Waals surface area (Å²) in [5, 5.41) is 45.6. The summed E-state index contributed by atoms with van der Waals surface area (Å²) in [5.41, 5.74) is 5.28. The van der Waals surface area contributed by atoms with E-state index in [1.807, 2.05) is 37.3 Å². The topological polar surface area (TPSA) is 183 Å². The molecular formula is C50H63N3O11. The Bertz CT molecular complexity index is 2150. The number of nitro groups is 1. The molecule has 0 radical (unpaired) electrons. The summed E-state index contributed by atoms with van der Waals surface area (Å²) in [7, 11) is 0. The van der Waals surface area contributed by atoms with Crippen molar-refractivity contribution in [2.24, 2.45) is 22.9 Å². The molecule has 0 saturated heterocycles. The molecule has 3 aromatic carbocycles. The summed E-state index contributed by atoms with van der Waals surface area (Å²) < 4.78 is 26.7. The van der Waals surface area contributed by atoms with Crippen LogP contribution in [0.25, 0.3) is 6.08 Å². The number of rotatable bonds is 24. The number of hydrogen-bond donors (Lipinski definition) is 3. The molecule has 1 saturated carbocycles. The average Bonchev–Trinajstić information content (AvgIpc) is 3.29. The minimum absolute atomic E-state index is 0.0105. The van der Waals surface area contributed by atoms with E-state index >= 15 is 0 Å². The third-order valence-electron chi connectivity index (χ3n) is 12.6. The first kappa shape index (κ1) is 48.1. The molecule has 1 heterocycles. The van der Waals surface area contributed by atoms with Crippen molar-refractivity contribution in [3.8, 4) is 17.2 Å². The van der Waals surface area contributed by atoms with E-state index in [1.54, 1.807) is 29.2 Å². The first-order valence-corrected chi connectivity index (χ1v) is 22.5. The van der Waals surface area contributed by atoms with Crippen LogP contribution >= 0.6 is 0 Å². The van der Waals surface area contributed by atoms with Crippen LogP contribution in [-0.2, 0) is 19.1 Å². The number of nitro benzene ring substituents is 1. The van der Waals surface area contributed by atoms with Crippen molar-refractivity contribution >= 4 is 23.4 Å². The molecule has 2 aliphatic carbocycles. The second-order valence-corrected chi connectivity index (χ2v) is 16.6. The fourth-order valence-corrected chi connectivity index (χ4v) is 9.49. The van der Waals surface area contributed by atoms with E-state index in [9.17, 15) is 30.2 Å². The predicted octanol–water partition coefficient (Wildman–Crippen LogP) is 8.21. The maximum absolute atomic E-state index is 14.8. The number of aryl methyl sites for hydroxylation is 2. The number of fused-ring (bicyclic) bond motifs is 2. The van der Waals surface area contributed by atoms with Crippen molar-refractivity contribution < 1.29 is 48.8 Å². The van der Waals surface area contributed by atoms with Gasteiger partial charge in [-0.1, -0.05) is 36.2 Å². The summed E-state index contributed by atoms with van der Waals surface area (Å²) >= 11 is 0. The van der Waals surface area contributed by atoms with E-state index in [4.69, 9.17) is 28.9 Å². The lowest BCUT2D eigenvalue weighted by molar-refractivity contribution is -0.384. The summed E-state index contributed by atoms with van der Waals surface area (Å²) in [6.07, 6.45) is 11.6. The number of allylic oxidation sites excluding steroid dienone is 1. The van der Waals surface area contributed by atoms with Crippen molar-refractivity contribution in [1.29, 1.82) is 0 Å². The Hall–Kier alpha value is -5.38. The standard InChI is InChI=1S/C50H63N3O11/c1-5-27-61-50-46(52(23-28-60-29-26-56)47(57)22-16-36-14-17-38(18-15-36)53(58)59)33-44(51-62-6-2)42-31-37(11-7-9-24-54)41(12-8-10-25-55)48(49(42)50)43-32-40(20-21-45(43)64-50)63-39-19-13-34(3)35(4)30-39/h5,13-22,30-32,37,41,46,48-49,54-56H,1,6-12,23-29,33H2,2-4H3/t37-,41+,46-,48+,49+,50+/m0/s1. The van der Waals surface area contributed by atoms with Crippen molar-refractivity contribution in [2.75, 3.05) is 52.8 Å². The molecule has 6 atom stereocenters. The monoisotopic (exact) mass is 881 g/mol. The normalized spacial score (nSPS) is 22.9. The van der Waals surface area contributed by atoms with Crippen LogP contribution in [0.15, 0.2) is 96.2 Å². The lowest BCUT2D eigenvalue weighted by Gasteiger charge is -2.60. The van der Waals surface area contributed by atoms with Crippen LogP contribution in [0.3, 0.4) is 0 Å². The minimum atomic E-state index is -1.50. The van der Waals surface area contributed by atoms with Crippen LogP contribution in [0.4, 0.5) is 5.69 Å². The number of aliphatic hydroxyl groups excluding tert-OH is 3. The summed E-state index contributed by atoms with van der Waals surface area (Å²) in [6, 6.07) is 17.0. The van der Waals surface area contributed by atoms with E-state index in [2.05, 4.69) is 32.6 Å². The van der Waals surface area contributed by atoms with Crippen molar-refractivity contribution in [3.63, 3.8) is 0 Å². The van der Waals surface area contributed by atoms with Crippen LogP contribution in [0.5, 0.6) is 17.2 Å². The lowest BCUT2D eigenvalue weighted by Crippen LogP contribution is -2.70. The Balaban J connectivity index is 1.56. The second kappa shape index (κ2) is 23.0. The maximum atomic E-state index is 14.8. The zero-order valence-corrected chi connectivity index (χ0v) is 37.2. The number of ether oxygens (including phenoxy) is 4. The minimum Gasteiger partial charge on any atom is -0.459 e. The van der Waals surface area contributed by atoms with Gasteiger partial charge in [0.05, 0.1) is 43.0 Å². The third-order valence-corrected chi connectivity index (χ3v) is 12.6. The molecule has 3 aromatic rings. The molecule has 344 valence electrons. The van der Waals surface area contributed by atoms with E-state index in [0.717, 1.165) is 47.9 Å². The molecule has 1 aliphatic heterocycles. The maximum Gasteiger partial charge on any atom is 0.269 e. The van der Waals surface area contributed by atoms with Crippen LogP contribution in [0.2, 0.25) is 0 Å². The van der Waals surface area contributed by atoms with Gasteiger partial charge in [0.25, 0.3) is 5.69 Å². The number of benzene rings is 3. The van der Waals surface area contributed by atoms with Gasteiger partial charge in [0.15, 0.2) is 0 Å². The highest BCUT2D eigenvalue weighted by Gasteiger charge is 2.65. The molecule has 6 rings (SSSR count). The molecular weight excluding hydrogens is 819 g/mol. The fourth-order valence-electron chi connectivity index (χ4n) is 9.49. The van der Waals surface area contributed by atoms with Gasteiger partial charge >= 0.3 is 0 Å². The predicted molar refractivity (Wildman–Crippen MR) is 244 cm³/mol. The van der Waals surface area contributed by atoms with E-state index in [-0.39, 0.29) is 82.0 Å². The Morgan fingerprint density at radius 1 is 0.969 bits per heavy atom. The first-order valence-electron chi connectivity index (χ1n) is 22.5. The molecule has 14 nitrogen and oxygen atoms in total. The Morgan fingerprint density at radius 2 is 1.70 bits per heavy atom. The number of non-ortho nitro benzene ring substituents is 1. The number of carbonyl (C=O) groups is 1. The summed E-state index contributed by atoms with van der Waals surface area (Å²) in [5.74, 6) is -0.699. The van der Waals surface area contributed by atoms with Crippen LogP contribution in [0, 0.1) is 41.7 Å². The van der Waals surface area contributed by atoms with E-state index in [1.165, 1.54) is 18.2 Å². The van der Waals surface area contributed by atoms with Gasteiger partial charge in [0, 0.05) is 55.9 Å². The van der Waals surface area contributed by atoms with Gasteiger partial charge in [-0.2, -0.15) is 0 Å². The fraction of sp³-hybridized carbons (Fsp3) is 0.480. The quantitative estimate of drug-likeness (QED) is 0.0259. The van der Waals surface area contributed by atoms with E-state index < -0.39 is 22.7 Å². The molecule has 3 N–H and O–H groups in total. The molecule has 0 spiro atoms. The Morgan fingerprint density at radius 3 is 2.39 bits per heavy atom. The Kier molecular flexibility index (Phi) is 17.3. The smallest absolute Gasteiger partial charge is 0.269 e. The van der Waals surface area contributed by atoms with E-state index in [0.29, 0.717) is 48.0 Å². The van der Waals surface area contributed by atoms with Gasteiger partial charge in [-0.15, -0.1) is 6.58 Å². The van der Waals surface area contributed by atoms with Gasteiger partial charge in [0.2, 0.25) is 11.7 Å². The third kappa shape index (κ3) is 11.1. The van der Waals surface area contributed by atoms with Crippen LogP contribution in [-0.4, -0.2) is 101 Å². The van der Waals surface area contributed by atoms with Gasteiger partial charge < -0.3 is 44.0 Å². The number of unbranched alkanes of at least 4 members (excludes halogenated alkanes) is 2. The highest BCUT2D eigenvalue weighted by Crippen LogP contribution is 2.62. The Labute approximate surface area is 376 Å². The highest BCUT2D eigenvalue weighted by atomic mass is 16.7. The zero-order valence-electron chi connectivity index (χ0n) is 37.2. The van der Waals surface area contributed by atoms with Gasteiger partial charge in [0.1, 0.15) is 29.9 Å². The number of hydrogen-bond acceptors (Lipinski definition) is 12. The second-order valence-electron chi connectivity index (χ2n) is 16.6. The molecule has 0 bridgehead atoms. The molecule has 1 amide bonds. The average molecular weight is 882 g/mol. The van der Waals surface area contributed by atoms with Crippen LogP contribution < -0.4 is 9.47 Å². The molecule has 0 aromatic heterocycles. The number of amides is 1. The molecule has 14 heteroatoms. The summed E-state index contributed by atoms with van der Waals surface area (Å²) in [6.45, 7) is 10.6. The highest BCUT2D eigenvalue weighted by molar-refractivity contribution is 6.03. The SMILES string of the molecule is C=CCO[C@@]12Oc3ccc(Oc4ccc(C)c(C)c4)cc3[C@H]3[C@H](CCCCO)[C@@H](CCCCO)C=C(C(=NOCC)C[C@@H]1N(CCOCCO)C(=O)C=Cc1ccc([N+](=O)[O-])cc1)[C@H]32.